The third-order valence-electron chi connectivity index (χ3n) is 3.13. The molecule has 4 nitrogen and oxygen atoms in total. The molecule has 0 aromatic carbocycles. The standard InChI is InChI=1S/C9H14N2O2/c12-7-6-10-9(8(13)11-7)4-2-1-3-5-9/h10H,1-6H2,(H,11,12,13)/p+1. The number of nitrogens with two attached hydrogens (primary N) is 1. The van der Waals surface area contributed by atoms with Crippen molar-refractivity contribution >= 4 is 11.8 Å². The van der Waals surface area contributed by atoms with Crippen molar-refractivity contribution in [1.29, 1.82) is 0 Å². The number of amides is 2. The summed E-state index contributed by atoms with van der Waals surface area (Å²) < 4.78 is 0. The Kier molecular flexibility index (Phi) is 2.07. The van der Waals surface area contributed by atoms with E-state index in [1.54, 1.807) is 0 Å². The monoisotopic (exact) mass is 183 g/mol. The molecule has 3 N–H and O–H groups in total. The lowest BCUT2D eigenvalue weighted by atomic mass is 9.80. The summed E-state index contributed by atoms with van der Waals surface area (Å²) in [5, 5.41) is 4.35. The molecule has 0 bridgehead atoms. The first-order valence-corrected chi connectivity index (χ1v) is 4.92. The van der Waals surface area contributed by atoms with E-state index in [0.717, 1.165) is 25.7 Å². The van der Waals surface area contributed by atoms with Gasteiger partial charge >= 0.3 is 0 Å². The van der Waals surface area contributed by atoms with Gasteiger partial charge < -0.3 is 5.32 Å². The molecule has 4 heteroatoms. The predicted octanol–water partition coefficient (Wildman–Crippen LogP) is -1.09. The summed E-state index contributed by atoms with van der Waals surface area (Å²) in [6.07, 6.45) is 5.28. The molecule has 0 unspecified atom stereocenters. The molecule has 2 aliphatic rings. The molecule has 1 heterocycles. The van der Waals surface area contributed by atoms with Gasteiger partial charge in [-0.15, -0.1) is 0 Å². The molecule has 0 aromatic rings. The number of carbonyl (C=O) groups excluding carboxylic acids is 2. The molecule has 2 rings (SSSR count). The summed E-state index contributed by atoms with van der Waals surface area (Å²) in [6, 6.07) is 0. The third-order valence-corrected chi connectivity index (χ3v) is 3.13. The van der Waals surface area contributed by atoms with Crippen LogP contribution in [0.5, 0.6) is 0 Å². The Morgan fingerprint density at radius 3 is 2.46 bits per heavy atom. The highest BCUT2D eigenvalue weighted by Crippen LogP contribution is 2.25. The highest BCUT2D eigenvalue weighted by Gasteiger charge is 2.46. The van der Waals surface area contributed by atoms with Crippen LogP contribution in [0, 0.1) is 0 Å². The Balaban J connectivity index is 2.12. The maximum Gasteiger partial charge on any atom is 0.288 e. The van der Waals surface area contributed by atoms with Crippen LogP contribution in [-0.2, 0) is 9.59 Å². The van der Waals surface area contributed by atoms with E-state index >= 15 is 0 Å². The van der Waals surface area contributed by atoms with Gasteiger partial charge in [0.1, 0.15) is 0 Å². The number of quaternary nitrogens is 1. The second-order valence-corrected chi connectivity index (χ2v) is 4.00. The fraction of sp³-hybridized carbons (Fsp3) is 0.778. The lowest BCUT2D eigenvalue weighted by Gasteiger charge is -2.35. The van der Waals surface area contributed by atoms with E-state index in [4.69, 9.17) is 0 Å². The molecule has 1 aliphatic carbocycles. The molecule has 1 saturated carbocycles. The van der Waals surface area contributed by atoms with E-state index in [-0.39, 0.29) is 17.4 Å². The number of imide groups is 1. The van der Waals surface area contributed by atoms with Gasteiger partial charge in [-0.05, 0) is 12.8 Å². The number of rotatable bonds is 0. The molecular formula is C9H15N2O2+. The van der Waals surface area contributed by atoms with Crippen LogP contribution in [0.4, 0.5) is 0 Å². The van der Waals surface area contributed by atoms with Crippen molar-refractivity contribution in [3.63, 3.8) is 0 Å². The molecular weight excluding hydrogens is 168 g/mol. The van der Waals surface area contributed by atoms with Gasteiger partial charge in [0, 0.05) is 12.8 Å². The summed E-state index contributed by atoms with van der Waals surface area (Å²) in [5.41, 5.74) is -0.299. The summed E-state index contributed by atoms with van der Waals surface area (Å²) in [5.74, 6) is -0.218. The van der Waals surface area contributed by atoms with Crippen molar-refractivity contribution in [3.8, 4) is 0 Å². The molecule has 1 aliphatic heterocycles. The average Bonchev–Trinajstić information content (AvgIpc) is 2.14. The van der Waals surface area contributed by atoms with Crippen LogP contribution in [0.2, 0.25) is 0 Å². The Hall–Kier alpha value is -0.900. The molecule has 72 valence electrons. The molecule has 0 radical (unpaired) electrons. The maximum atomic E-state index is 11.6. The minimum absolute atomic E-state index is 0.0662. The summed E-state index contributed by atoms with van der Waals surface area (Å²) in [7, 11) is 0. The fourth-order valence-electron chi connectivity index (χ4n) is 2.30. The van der Waals surface area contributed by atoms with Gasteiger partial charge in [0.2, 0.25) is 0 Å². The van der Waals surface area contributed by atoms with Crippen LogP contribution in [0.15, 0.2) is 0 Å². The van der Waals surface area contributed by atoms with E-state index in [1.807, 2.05) is 5.32 Å². The van der Waals surface area contributed by atoms with Crippen LogP contribution in [0.3, 0.4) is 0 Å². The van der Waals surface area contributed by atoms with Crippen LogP contribution in [0.1, 0.15) is 32.1 Å². The van der Waals surface area contributed by atoms with Gasteiger partial charge in [-0.1, -0.05) is 6.42 Å². The van der Waals surface area contributed by atoms with Gasteiger partial charge in [0.15, 0.2) is 12.1 Å². The predicted molar refractivity (Wildman–Crippen MR) is 45.8 cm³/mol. The molecule has 0 aromatic heterocycles. The van der Waals surface area contributed by atoms with Gasteiger partial charge in [0.25, 0.3) is 11.8 Å². The smallest absolute Gasteiger partial charge is 0.288 e. The molecule has 2 amide bonds. The van der Waals surface area contributed by atoms with Crippen molar-refractivity contribution in [2.45, 2.75) is 37.6 Å². The van der Waals surface area contributed by atoms with E-state index < -0.39 is 0 Å². The first kappa shape index (κ1) is 8.69. The van der Waals surface area contributed by atoms with Gasteiger partial charge in [0.05, 0.1) is 0 Å². The van der Waals surface area contributed by atoms with Crippen molar-refractivity contribution in [3.05, 3.63) is 0 Å². The van der Waals surface area contributed by atoms with Crippen molar-refractivity contribution < 1.29 is 14.9 Å². The van der Waals surface area contributed by atoms with Crippen LogP contribution in [0.25, 0.3) is 0 Å². The van der Waals surface area contributed by atoms with E-state index in [9.17, 15) is 9.59 Å². The first-order chi connectivity index (χ1) is 6.23. The largest absolute Gasteiger partial charge is 0.326 e. The number of hydrogen-bond acceptors (Lipinski definition) is 2. The van der Waals surface area contributed by atoms with Crippen LogP contribution in [-0.4, -0.2) is 23.9 Å². The number of carbonyl (C=O) groups is 2. The lowest BCUT2D eigenvalue weighted by molar-refractivity contribution is -0.709. The zero-order chi connectivity index (χ0) is 9.31. The van der Waals surface area contributed by atoms with E-state index in [2.05, 4.69) is 5.32 Å². The van der Waals surface area contributed by atoms with Crippen LogP contribution >= 0.6 is 0 Å². The van der Waals surface area contributed by atoms with Crippen LogP contribution < -0.4 is 10.6 Å². The second-order valence-electron chi connectivity index (χ2n) is 4.00. The molecule has 13 heavy (non-hydrogen) atoms. The molecule has 0 atom stereocenters. The zero-order valence-corrected chi connectivity index (χ0v) is 7.64. The molecule has 2 fully saturated rings. The normalized spacial score (nSPS) is 27.4. The lowest BCUT2D eigenvalue weighted by Crippen LogP contribution is -3.04. The third kappa shape index (κ3) is 1.46. The summed E-state index contributed by atoms with van der Waals surface area (Å²) in [4.78, 5) is 22.6. The summed E-state index contributed by atoms with van der Waals surface area (Å²) >= 11 is 0. The second kappa shape index (κ2) is 3.10. The number of nitrogens with one attached hydrogen (secondary N) is 1. The van der Waals surface area contributed by atoms with Crippen molar-refractivity contribution in [1.82, 2.24) is 5.32 Å². The quantitative estimate of drug-likeness (QED) is 0.469. The zero-order valence-electron chi connectivity index (χ0n) is 7.64. The SMILES string of the molecule is O=C1C[NH2+]C2(CCCCC2)C(=O)N1. The van der Waals surface area contributed by atoms with Crippen molar-refractivity contribution in [2.75, 3.05) is 6.54 Å². The minimum Gasteiger partial charge on any atom is -0.326 e. The van der Waals surface area contributed by atoms with Gasteiger partial charge in [-0.25, -0.2) is 0 Å². The highest BCUT2D eigenvalue weighted by molar-refractivity contribution is 6.01. The fourth-order valence-corrected chi connectivity index (χ4v) is 2.30. The maximum absolute atomic E-state index is 11.6. The molecule has 1 saturated heterocycles. The summed E-state index contributed by atoms with van der Waals surface area (Å²) in [6.45, 7) is 0.408. The highest BCUT2D eigenvalue weighted by atomic mass is 16.2. The number of piperazine rings is 1. The number of hydrogen-bond donors (Lipinski definition) is 2. The minimum atomic E-state index is -0.299. The average molecular weight is 183 g/mol. The van der Waals surface area contributed by atoms with Gasteiger partial charge in [-0.2, -0.15) is 0 Å². The molecule has 1 spiro atoms. The van der Waals surface area contributed by atoms with E-state index in [1.165, 1.54) is 6.42 Å². The topological polar surface area (TPSA) is 62.8 Å². The van der Waals surface area contributed by atoms with E-state index in [0.29, 0.717) is 6.54 Å². The Morgan fingerprint density at radius 1 is 1.15 bits per heavy atom. The Labute approximate surface area is 77.1 Å². The Bertz CT molecular complexity index is 244. The van der Waals surface area contributed by atoms with Crippen molar-refractivity contribution in [2.24, 2.45) is 0 Å². The first-order valence-electron chi connectivity index (χ1n) is 4.92. The van der Waals surface area contributed by atoms with Gasteiger partial charge in [-0.3, -0.25) is 14.9 Å². The Morgan fingerprint density at radius 2 is 1.85 bits per heavy atom.